The van der Waals surface area contributed by atoms with Crippen molar-refractivity contribution in [2.75, 3.05) is 18.6 Å². The smallest absolute Gasteiger partial charge is 0.331 e. The lowest BCUT2D eigenvalue weighted by Crippen LogP contribution is -2.57. The van der Waals surface area contributed by atoms with Crippen LogP contribution in [0.15, 0.2) is 15.4 Å². The molecule has 3 aliphatic heterocycles. The Kier molecular flexibility index (Phi) is 18.5. The Morgan fingerprint density at radius 1 is 0.935 bits per heavy atom. The normalized spacial score (nSPS) is 34.5. The van der Waals surface area contributed by atoms with Crippen molar-refractivity contribution in [1.82, 2.24) is 15.6 Å². The maximum absolute atomic E-state index is 14.2. The minimum atomic E-state index is -1.57. The number of aliphatic imine (C=N–C) groups is 2. The maximum atomic E-state index is 14.2. The number of cyclic esters (lactones) is 2. The standard InChI is InChI=1S/C44H71N5O10S3/c1-14-16-23(6)33(51)25(8)36-24(7)29(57-13)17-30-45-28(18-60-30)38-48-44(12,20-61-38)42-49-43(11,19-62-42)41(56)47-31(22(5)15-2)34(52)26(9)39(54)58-35(21(3)4)37(53)46-32(27(10)50)40(55)59-36/h18,21-27,29,31-36,50-52H,14-17,19-20H2,1-13H3,(H,46,53)(H,47,56)/t22-,23+,24-,25-,26+,27+,29-,31-,32-,33-,34-,35-,36-,43+,44-/m0/s1. The molecule has 350 valence electrons. The van der Waals surface area contributed by atoms with Gasteiger partial charge >= 0.3 is 11.9 Å². The SMILES string of the molecule is CCC[C@@H](C)[C@H](O)[C@H](C)[C@H]1OC(=O)[C@H]([C@@H](C)O)NC(=O)[C@H](C(C)C)OC(=O)[C@H](C)[C@H](O)[C@H]([C@@H](C)CC)NC(=O)[C@@]2(C)CSC(=N2)[C@]2(C)CSC(=N2)c2csc(n2)C[C@H](OC)[C@@H]1C. The summed E-state index contributed by atoms with van der Waals surface area (Å²) in [4.78, 5) is 71.0. The number of thiazole rings is 1. The molecule has 0 unspecified atom stereocenters. The number of fused-ring (bicyclic) bond motifs is 6. The zero-order chi connectivity index (χ0) is 46.4. The molecule has 6 bridgehead atoms. The Bertz CT molecular complexity index is 1790. The summed E-state index contributed by atoms with van der Waals surface area (Å²) in [5, 5.41) is 44.0. The van der Waals surface area contributed by atoms with Gasteiger partial charge in [-0.15, -0.1) is 34.9 Å². The molecule has 5 N–H and O–H groups in total. The molecule has 3 aliphatic rings. The minimum absolute atomic E-state index is 0.121. The molecule has 18 heteroatoms. The van der Waals surface area contributed by atoms with Crippen molar-refractivity contribution in [3.63, 3.8) is 0 Å². The Hall–Kier alpha value is -2.61. The van der Waals surface area contributed by atoms with Crippen LogP contribution in [0.1, 0.15) is 113 Å². The van der Waals surface area contributed by atoms with Crippen LogP contribution in [0.5, 0.6) is 0 Å². The lowest BCUT2D eigenvalue weighted by molar-refractivity contribution is -0.172. The van der Waals surface area contributed by atoms with Crippen LogP contribution >= 0.6 is 34.9 Å². The first kappa shape index (κ1) is 52.0. The molecule has 1 aromatic rings. The summed E-state index contributed by atoms with van der Waals surface area (Å²) >= 11 is 4.50. The predicted octanol–water partition coefficient (Wildman–Crippen LogP) is 4.81. The number of rotatable bonds is 10. The minimum Gasteiger partial charge on any atom is -0.460 e. The first-order valence-corrected chi connectivity index (χ1v) is 24.9. The number of aromatic nitrogens is 1. The van der Waals surface area contributed by atoms with E-state index in [4.69, 9.17) is 29.2 Å². The van der Waals surface area contributed by atoms with Gasteiger partial charge in [0.2, 0.25) is 5.91 Å². The molecule has 0 radical (unpaired) electrons. The lowest BCUT2D eigenvalue weighted by Gasteiger charge is -2.38. The van der Waals surface area contributed by atoms with Gasteiger partial charge in [0.25, 0.3) is 5.91 Å². The number of carbonyl (C=O) groups is 4. The Morgan fingerprint density at radius 3 is 2.19 bits per heavy atom. The van der Waals surface area contributed by atoms with Crippen LogP contribution in [0.25, 0.3) is 0 Å². The number of methoxy groups -OCH3 is 1. The molecule has 0 aliphatic carbocycles. The third-order valence-corrected chi connectivity index (χ3v) is 16.4. The molecular weight excluding hydrogens is 855 g/mol. The molecular formula is C44H71N5O10S3. The monoisotopic (exact) mass is 925 g/mol. The largest absolute Gasteiger partial charge is 0.460 e. The number of esters is 2. The van der Waals surface area contributed by atoms with Crippen molar-refractivity contribution in [2.45, 2.75) is 169 Å². The van der Waals surface area contributed by atoms with Gasteiger partial charge in [-0.1, -0.05) is 68.2 Å². The molecule has 0 spiro atoms. The predicted molar refractivity (Wildman–Crippen MR) is 245 cm³/mol. The molecule has 0 fully saturated rings. The number of hydrogen-bond acceptors (Lipinski definition) is 16. The second-order valence-electron chi connectivity index (χ2n) is 18.4. The quantitative estimate of drug-likeness (QED) is 0.199. The van der Waals surface area contributed by atoms with E-state index in [9.17, 15) is 34.5 Å². The molecule has 4 heterocycles. The fourth-order valence-electron chi connectivity index (χ4n) is 8.15. The van der Waals surface area contributed by atoms with Gasteiger partial charge in [0.15, 0.2) is 12.1 Å². The molecule has 0 aromatic carbocycles. The number of nitrogens with zero attached hydrogens (tertiary/aromatic N) is 3. The van der Waals surface area contributed by atoms with E-state index in [0.29, 0.717) is 30.0 Å². The molecule has 15 atom stereocenters. The number of thioether (sulfide) groups is 2. The number of carbonyl (C=O) groups excluding carboxylic acids is 4. The average Bonchev–Trinajstić information content (AvgIpc) is 3.99. The Labute approximate surface area is 380 Å². The fraction of sp³-hybridized carbons (Fsp3) is 0.795. The van der Waals surface area contributed by atoms with Crippen molar-refractivity contribution in [2.24, 2.45) is 45.5 Å². The van der Waals surface area contributed by atoms with Gasteiger partial charge in [0, 0.05) is 42.3 Å². The van der Waals surface area contributed by atoms with Crippen LogP contribution in [0.3, 0.4) is 0 Å². The first-order chi connectivity index (χ1) is 29.0. The van der Waals surface area contributed by atoms with Crippen LogP contribution in [-0.4, -0.2) is 133 Å². The highest BCUT2D eigenvalue weighted by Crippen LogP contribution is 2.41. The van der Waals surface area contributed by atoms with Gasteiger partial charge in [-0.3, -0.25) is 24.4 Å². The molecule has 4 rings (SSSR count). The Morgan fingerprint density at radius 2 is 1.60 bits per heavy atom. The first-order valence-electron chi connectivity index (χ1n) is 22.0. The van der Waals surface area contributed by atoms with Gasteiger partial charge < -0.3 is 40.2 Å². The second-order valence-corrected chi connectivity index (χ2v) is 21.3. The van der Waals surface area contributed by atoms with E-state index in [1.54, 1.807) is 39.6 Å². The summed E-state index contributed by atoms with van der Waals surface area (Å²) in [6, 6.07) is -2.44. The summed E-state index contributed by atoms with van der Waals surface area (Å²) in [6.45, 7) is 21.4. The van der Waals surface area contributed by atoms with Crippen LogP contribution in [-0.2, 0) is 39.8 Å². The number of ether oxygens (including phenoxy) is 3. The second kappa shape index (κ2) is 22.1. The van der Waals surface area contributed by atoms with Gasteiger partial charge in [-0.2, -0.15) is 0 Å². The number of hydrogen-bond donors (Lipinski definition) is 5. The number of aliphatic hydroxyl groups is 3. The number of amides is 2. The highest BCUT2D eigenvalue weighted by Gasteiger charge is 2.48. The molecule has 0 saturated heterocycles. The molecule has 15 nitrogen and oxygen atoms in total. The third-order valence-electron chi connectivity index (χ3n) is 12.8. The van der Waals surface area contributed by atoms with E-state index in [1.807, 2.05) is 53.8 Å². The highest BCUT2D eigenvalue weighted by molar-refractivity contribution is 8.16. The van der Waals surface area contributed by atoms with Crippen LogP contribution in [0.4, 0.5) is 0 Å². The van der Waals surface area contributed by atoms with Crippen LogP contribution in [0.2, 0.25) is 0 Å². The highest BCUT2D eigenvalue weighted by atomic mass is 32.2. The van der Waals surface area contributed by atoms with Crippen molar-refractivity contribution in [1.29, 1.82) is 0 Å². The maximum Gasteiger partial charge on any atom is 0.331 e. The number of nitrogens with one attached hydrogen (secondary N) is 2. The van der Waals surface area contributed by atoms with Gasteiger partial charge in [0.1, 0.15) is 27.9 Å². The third kappa shape index (κ3) is 12.0. The molecule has 1 aromatic heterocycles. The van der Waals surface area contributed by atoms with E-state index in [1.165, 1.54) is 36.9 Å². The summed E-state index contributed by atoms with van der Waals surface area (Å²) in [5.41, 5.74) is -1.17. The molecule has 0 saturated carbocycles. The molecule has 62 heavy (non-hydrogen) atoms. The lowest BCUT2D eigenvalue weighted by atomic mass is 9.80. The van der Waals surface area contributed by atoms with Gasteiger partial charge in [-0.05, 0) is 51.9 Å². The summed E-state index contributed by atoms with van der Waals surface area (Å²) in [5.74, 6) is -5.35. The van der Waals surface area contributed by atoms with Crippen molar-refractivity contribution < 1.29 is 48.7 Å². The van der Waals surface area contributed by atoms with Crippen molar-refractivity contribution in [3.05, 3.63) is 16.1 Å². The van der Waals surface area contributed by atoms with E-state index in [0.717, 1.165) is 27.9 Å². The van der Waals surface area contributed by atoms with E-state index in [2.05, 4.69) is 10.6 Å². The Balaban J connectivity index is 1.80. The van der Waals surface area contributed by atoms with Crippen LogP contribution in [0, 0.1) is 35.5 Å². The average molecular weight is 926 g/mol. The molecule has 2 amide bonds. The zero-order valence-electron chi connectivity index (χ0n) is 38.7. The summed E-state index contributed by atoms with van der Waals surface area (Å²) in [6.07, 6.45) is -4.05. The fourth-order valence-corrected chi connectivity index (χ4v) is 11.6. The van der Waals surface area contributed by atoms with Crippen molar-refractivity contribution >= 4 is 68.7 Å². The zero-order valence-corrected chi connectivity index (χ0v) is 41.1. The van der Waals surface area contributed by atoms with Gasteiger partial charge in [-0.25, -0.2) is 9.78 Å². The van der Waals surface area contributed by atoms with Crippen molar-refractivity contribution in [3.8, 4) is 0 Å². The number of aliphatic hydroxyl groups excluding tert-OH is 3. The van der Waals surface area contributed by atoms with E-state index >= 15 is 0 Å². The topological polar surface area (TPSA) is 218 Å². The van der Waals surface area contributed by atoms with E-state index in [-0.39, 0.29) is 11.8 Å². The summed E-state index contributed by atoms with van der Waals surface area (Å²) < 4.78 is 18.0. The summed E-state index contributed by atoms with van der Waals surface area (Å²) in [7, 11) is 1.57. The van der Waals surface area contributed by atoms with E-state index < -0.39 is 107 Å². The van der Waals surface area contributed by atoms with Gasteiger partial charge in [0.05, 0.1) is 46.4 Å². The van der Waals surface area contributed by atoms with Crippen LogP contribution < -0.4 is 10.6 Å².